The largest absolute Gasteiger partial charge is 0.356 e. The first-order chi connectivity index (χ1) is 12.6. The van der Waals surface area contributed by atoms with Crippen LogP contribution in [0.15, 0.2) is 46.8 Å². The summed E-state index contributed by atoms with van der Waals surface area (Å²) >= 11 is 1.77. The summed E-state index contributed by atoms with van der Waals surface area (Å²) < 4.78 is 0. The Kier molecular flexibility index (Phi) is 10.5. The fraction of sp³-hybridized carbons (Fsp3) is 0.300. The van der Waals surface area contributed by atoms with Gasteiger partial charge in [0.25, 0.3) is 0 Å². The number of thiophene rings is 1. The van der Waals surface area contributed by atoms with E-state index < -0.39 is 0 Å². The molecule has 0 aliphatic carbocycles. The van der Waals surface area contributed by atoms with Crippen LogP contribution in [0.25, 0.3) is 0 Å². The molecule has 27 heavy (non-hydrogen) atoms. The van der Waals surface area contributed by atoms with Crippen molar-refractivity contribution in [3.8, 4) is 12.3 Å². The van der Waals surface area contributed by atoms with E-state index in [4.69, 9.17) is 6.42 Å². The molecule has 3 N–H and O–H groups in total. The van der Waals surface area contributed by atoms with E-state index in [0.29, 0.717) is 17.6 Å². The average Bonchev–Trinajstić information content (AvgIpc) is 3.15. The molecule has 1 heterocycles. The van der Waals surface area contributed by atoms with E-state index >= 15 is 0 Å². The van der Waals surface area contributed by atoms with Gasteiger partial charge in [-0.15, -0.1) is 41.7 Å². The Morgan fingerprint density at radius 1 is 1.30 bits per heavy atom. The highest BCUT2D eigenvalue weighted by molar-refractivity contribution is 14.0. The zero-order valence-corrected chi connectivity index (χ0v) is 18.6. The number of nitrogens with zero attached hydrogens (tertiary/aromatic N) is 1. The second-order valence-corrected chi connectivity index (χ2v) is 7.00. The molecule has 1 atom stereocenters. The van der Waals surface area contributed by atoms with Crippen LogP contribution in [0.3, 0.4) is 0 Å². The molecule has 1 amide bonds. The number of carbonyl (C=O) groups excluding carboxylic acids is 1. The van der Waals surface area contributed by atoms with Crippen molar-refractivity contribution in [1.29, 1.82) is 0 Å². The van der Waals surface area contributed by atoms with E-state index in [2.05, 4.69) is 51.3 Å². The van der Waals surface area contributed by atoms with Crippen LogP contribution in [0.2, 0.25) is 0 Å². The second-order valence-electron chi connectivity index (χ2n) is 5.97. The molecule has 144 valence electrons. The predicted molar refractivity (Wildman–Crippen MR) is 125 cm³/mol. The Balaban J connectivity index is 0.00000364. The molecule has 1 unspecified atom stereocenters. The first kappa shape index (κ1) is 23.0. The van der Waals surface area contributed by atoms with Crippen LogP contribution in [0.1, 0.15) is 17.4 Å². The third-order valence-electron chi connectivity index (χ3n) is 3.70. The second kappa shape index (κ2) is 12.4. The highest BCUT2D eigenvalue weighted by Gasteiger charge is 2.08. The van der Waals surface area contributed by atoms with Gasteiger partial charge in [0.1, 0.15) is 0 Å². The van der Waals surface area contributed by atoms with Crippen LogP contribution in [0.4, 0.5) is 5.69 Å². The molecular weight excluding hydrogens is 471 g/mol. The molecule has 0 radical (unpaired) electrons. The van der Waals surface area contributed by atoms with Gasteiger partial charge in [0.15, 0.2) is 5.96 Å². The Labute approximate surface area is 182 Å². The lowest BCUT2D eigenvalue weighted by atomic mass is 10.1. The molecule has 2 rings (SSSR count). The first-order valence-corrected chi connectivity index (χ1v) is 9.32. The van der Waals surface area contributed by atoms with Gasteiger partial charge in [-0.05, 0) is 42.0 Å². The van der Waals surface area contributed by atoms with E-state index in [0.717, 1.165) is 18.5 Å². The Morgan fingerprint density at radius 3 is 2.78 bits per heavy atom. The molecule has 1 aromatic heterocycles. The fourth-order valence-corrected chi connectivity index (χ4v) is 3.26. The highest BCUT2D eigenvalue weighted by Crippen LogP contribution is 2.13. The minimum atomic E-state index is -0.159. The zero-order chi connectivity index (χ0) is 18.8. The van der Waals surface area contributed by atoms with Crippen LogP contribution in [0.5, 0.6) is 0 Å². The Bertz CT molecular complexity index is 784. The highest BCUT2D eigenvalue weighted by atomic mass is 127. The van der Waals surface area contributed by atoms with Gasteiger partial charge in [-0.2, -0.15) is 0 Å². The van der Waals surface area contributed by atoms with Crippen molar-refractivity contribution in [3.63, 3.8) is 0 Å². The van der Waals surface area contributed by atoms with Crippen molar-refractivity contribution >= 4 is 52.9 Å². The van der Waals surface area contributed by atoms with Gasteiger partial charge in [-0.1, -0.05) is 25.0 Å². The summed E-state index contributed by atoms with van der Waals surface area (Å²) in [4.78, 5) is 17.6. The maximum absolute atomic E-state index is 12.1. The third-order valence-corrected chi connectivity index (χ3v) is 4.60. The average molecular weight is 496 g/mol. The lowest BCUT2D eigenvalue weighted by Crippen LogP contribution is -2.43. The van der Waals surface area contributed by atoms with Gasteiger partial charge in [0, 0.05) is 29.7 Å². The van der Waals surface area contributed by atoms with E-state index in [1.807, 2.05) is 12.1 Å². The zero-order valence-electron chi connectivity index (χ0n) is 15.5. The van der Waals surface area contributed by atoms with Gasteiger partial charge >= 0.3 is 0 Å². The van der Waals surface area contributed by atoms with E-state index in [1.54, 1.807) is 30.5 Å². The van der Waals surface area contributed by atoms with E-state index in [9.17, 15) is 4.79 Å². The monoisotopic (exact) mass is 496 g/mol. The summed E-state index contributed by atoms with van der Waals surface area (Å²) in [6, 6.07) is 11.4. The number of nitrogens with one attached hydrogen (secondary N) is 3. The Morgan fingerprint density at radius 2 is 2.11 bits per heavy atom. The number of guanidine groups is 1. The molecule has 2 aromatic rings. The summed E-state index contributed by atoms with van der Waals surface area (Å²) in [5, 5.41) is 11.2. The molecular formula is C20H25IN4OS. The van der Waals surface area contributed by atoms with Crippen LogP contribution < -0.4 is 16.0 Å². The van der Waals surface area contributed by atoms with Gasteiger partial charge < -0.3 is 16.0 Å². The predicted octanol–water partition coefficient (Wildman–Crippen LogP) is 3.33. The maximum Gasteiger partial charge on any atom is 0.243 e. The smallest absolute Gasteiger partial charge is 0.243 e. The Hall–Kier alpha value is -2.05. The first-order valence-electron chi connectivity index (χ1n) is 8.44. The number of carbonyl (C=O) groups is 1. The van der Waals surface area contributed by atoms with Crippen molar-refractivity contribution in [2.45, 2.75) is 13.3 Å². The summed E-state index contributed by atoms with van der Waals surface area (Å²) in [6.45, 7) is 3.09. The van der Waals surface area contributed by atoms with Gasteiger partial charge in [-0.3, -0.25) is 9.79 Å². The molecule has 0 spiro atoms. The minimum Gasteiger partial charge on any atom is -0.356 e. The van der Waals surface area contributed by atoms with Crippen molar-refractivity contribution in [3.05, 3.63) is 52.2 Å². The van der Waals surface area contributed by atoms with E-state index in [1.165, 1.54) is 4.88 Å². The molecule has 1 aromatic carbocycles. The molecule has 7 heteroatoms. The molecule has 0 aliphatic rings. The SMILES string of the molecule is C#Cc1cccc(NC(=O)CNC(=NC)NCC(C)Cc2cccs2)c1.I. The number of hydrogen-bond donors (Lipinski definition) is 3. The number of halogens is 1. The summed E-state index contributed by atoms with van der Waals surface area (Å²) in [5.74, 6) is 3.46. The molecule has 5 nitrogen and oxygen atoms in total. The number of hydrogen-bond acceptors (Lipinski definition) is 3. The van der Waals surface area contributed by atoms with Crippen LogP contribution in [-0.4, -0.2) is 32.0 Å². The van der Waals surface area contributed by atoms with Crippen LogP contribution in [0, 0.1) is 18.3 Å². The lowest BCUT2D eigenvalue weighted by molar-refractivity contribution is -0.115. The van der Waals surface area contributed by atoms with Crippen molar-refractivity contribution < 1.29 is 4.79 Å². The summed E-state index contributed by atoms with van der Waals surface area (Å²) in [5.41, 5.74) is 1.41. The number of rotatable bonds is 7. The normalized spacial score (nSPS) is 11.7. The number of benzene rings is 1. The fourth-order valence-electron chi connectivity index (χ4n) is 2.39. The van der Waals surface area contributed by atoms with Crippen LogP contribution >= 0.6 is 35.3 Å². The van der Waals surface area contributed by atoms with Crippen molar-refractivity contribution in [1.82, 2.24) is 10.6 Å². The van der Waals surface area contributed by atoms with Gasteiger partial charge in [0.2, 0.25) is 5.91 Å². The lowest BCUT2D eigenvalue weighted by Gasteiger charge is -2.15. The molecule has 0 aliphatic heterocycles. The molecule has 0 saturated carbocycles. The molecule has 0 saturated heterocycles. The quantitative estimate of drug-likeness (QED) is 0.239. The van der Waals surface area contributed by atoms with Crippen molar-refractivity contribution in [2.24, 2.45) is 10.9 Å². The number of terminal acetylenes is 1. The molecule has 0 fully saturated rings. The third kappa shape index (κ3) is 8.45. The van der Waals surface area contributed by atoms with Gasteiger partial charge in [0.05, 0.1) is 6.54 Å². The van der Waals surface area contributed by atoms with Crippen molar-refractivity contribution in [2.75, 3.05) is 25.5 Å². The maximum atomic E-state index is 12.1. The number of amides is 1. The van der Waals surface area contributed by atoms with Crippen LogP contribution in [-0.2, 0) is 11.2 Å². The standard InChI is InChI=1S/C20H24N4OS.HI/c1-4-16-7-5-8-17(12-16)24-19(25)14-23-20(21-3)22-13-15(2)11-18-9-6-10-26-18;/h1,5-10,12,15H,11,13-14H2,2-3H3,(H,24,25)(H2,21,22,23);1H. The van der Waals surface area contributed by atoms with E-state index in [-0.39, 0.29) is 36.4 Å². The molecule has 0 bridgehead atoms. The summed E-state index contributed by atoms with van der Waals surface area (Å²) in [6.07, 6.45) is 6.39. The minimum absolute atomic E-state index is 0. The van der Waals surface area contributed by atoms with Gasteiger partial charge in [-0.25, -0.2) is 0 Å². The topological polar surface area (TPSA) is 65.5 Å². The number of anilines is 1. The number of aliphatic imine (C=N–C) groups is 1. The summed E-state index contributed by atoms with van der Waals surface area (Å²) in [7, 11) is 1.69.